The Labute approximate surface area is 145 Å². The van der Waals surface area contributed by atoms with E-state index in [0.29, 0.717) is 25.3 Å². The van der Waals surface area contributed by atoms with Crippen molar-refractivity contribution in [3.8, 4) is 0 Å². The second kappa shape index (κ2) is 6.54. The number of hydrogen-bond donors (Lipinski definition) is 2. The molecular formula is C17H20N6O2. The van der Waals surface area contributed by atoms with E-state index in [1.165, 1.54) is 0 Å². The molecule has 2 N–H and O–H groups in total. The molecule has 0 aromatic carbocycles. The Bertz CT molecular complexity index is 775. The van der Waals surface area contributed by atoms with Crippen molar-refractivity contribution < 1.29 is 9.59 Å². The van der Waals surface area contributed by atoms with E-state index in [9.17, 15) is 9.59 Å². The molecule has 1 atom stereocenters. The molecule has 2 fully saturated rings. The first-order valence-electron chi connectivity index (χ1n) is 8.50. The quantitative estimate of drug-likeness (QED) is 0.858. The molecule has 130 valence electrons. The number of anilines is 1. The molecule has 2 amide bonds. The standard InChI is InChI=1S/C17H20N6O2/c24-16-11-22(9-7-19-16)12-3-5-18-14(10-12)17(25)23-8-1-2-15(23)13-4-6-20-21-13/h3-6,10,15H,1-2,7-9,11H2,(H,19,24)(H,20,21)/t15-/m0/s1. The zero-order valence-corrected chi connectivity index (χ0v) is 13.8. The molecule has 2 aliphatic heterocycles. The van der Waals surface area contributed by atoms with Crippen LogP contribution in [0.25, 0.3) is 0 Å². The number of rotatable bonds is 3. The van der Waals surface area contributed by atoms with Gasteiger partial charge in [-0.05, 0) is 31.0 Å². The van der Waals surface area contributed by atoms with Gasteiger partial charge in [-0.3, -0.25) is 19.7 Å². The average molecular weight is 340 g/mol. The maximum Gasteiger partial charge on any atom is 0.273 e. The highest BCUT2D eigenvalue weighted by atomic mass is 16.2. The zero-order chi connectivity index (χ0) is 17.2. The second-order valence-electron chi connectivity index (χ2n) is 6.34. The Hall–Kier alpha value is -2.90. The first kappa shape index (κ1) is 15.6. The third-order valence-corrected chi connectivity index (χ3v) is 4.76. The van der Waals surface area contributed by atoms with Crippen molar-refractivity contribution in [2.75, 3.05) is 31.1 Å². The number of pyridine rings is 1. The summed E-state index contributed by atoms with van der Waals surface area (Å²) < 4.78 is 0. The summed E-state index contributed by atoms with van der Waals surface area (Å²) in [5, 5.41) is 9.76. The number of likely N-dealkylation sites (tertiary alicyclic amines) is 1. The molecule has 0 spiro atoms. The van der Waals surface area contributed by atoms with E-state index in [4.69, 9.17) is 0 Å². The predicted octanol–water partition coefficient (Wildman–Crippen LogP) is 0.718. The lowest BCUT2D eigenvalue weighted by Gasteiger charge is -2.29. The molecule has 2 saturated heterocycles. The van der Waals surface area contributed by atoms with Gasteiger partial charge in [0.15, 0.2) is 0 Å². The van der Waals surface area contributed by atoms with Gasteiger partial charge in [-0.25, -0.2) is 0 Å². The third-order valence-electron chi connectivity index (χ3n) is 4.76. The van der Waals surface area contributed by atoms with Gasteiger partial charge in [-0.1, -0.05) is 0 Å². The Balaban J connectivity index is 1.56. The molecule has 0 saturated carbocycles. The van der Waals surface area contributed by atoms with E-state index in [1.807, 2.05) is 21.9 Å². The third kappa shape index (κ3) is 3.07. The lowest BCUT2D eigenvalue weighted by molar-refractivity contribution is -0.120. The lowest BCUT2D eigenvalue weighted by atomic mass is 10.1. The van der Waals surface area contributed by atoms with Crippen LogP contribution in [0.1, 0.15) is 35.1 Å². The molecule has 0 unspecified atom stereocenters. The molecule has 0 bridgehead atoms. The van der Waals surface area contributed by atoms with Crippen molar-refractivity contribution in [3.05, 3.63) is 42.0 Å². The van der Waals surface area contributed by atoms with Crippen LogP contribution in [-0.4, -0.2) is 58.1 Å². The van der Waals surface area contributed by atoms with Crippen molar-refractivity contribution in [1.82, 2.24) is 25.4 Å². The number of piperazine rings is 1. The Morgan fingerprint density at radius 1 is 1.24 bits per heavy atom. The smallest absolute Gasteiger partial charge is 0.273 e. The fraction of sp³-hybridized carbons (Fsp3) is 0.412. The van der Waals surface area contributed by atoms with Gasteiger partial charge in [0.2, 0.25) is 5.91 Å². The minimum atomic E-state index is -0.0830. The minimum absolute atomic E-state index is 0.00482. The van der Waals surface area contributed by atoms with Gasteiger partial charge in [-0.2, -0.15) is 5.10 Å². The second-order valence-corrected chi connectivity index (χ2v) is 6.34. The van der Waals surface area contributed by atoms with Gasteiger partial charge < -0.3 is 15.1 Å². The van der Waals surface area contributed by atoms with Gasteiger partial charge in [0.1, 0.15) is 5.69 Å². The van der Waals surface area contributed by atoms with Crippen LogP contribution in [-0.2, 0) is 4.79 Å². The number of H-pyrrole nitrogens is 1. The van der Waals surface area contributed by atoms with Crippen LogP contribution in [0.15, 0.2) is 30.6 Å². The zero-order valence-electron chi connectivity index (χ0n) is 13.8. The van der Waals surface area contributed by atoms with Crippen LogP contribution in [0.4, 0.5) is 5.69 Å². The van der Waals surface area contributed by atoms with Crippen LogP contribution in [0.2, 0.25) is 0 Å². The molecule has 0 radical (unpaired) electrons. The SMILES string of the molecule is O=C1CN(c2ccnc(C(=O)N3CCC[C@H]3c3ccn[nH]3)c2)CCN1. The highest BCUT2D eigenvalue weighted by Gasteiger charge is 2.32. The van der Waals surface area contributed by atoms with Crippen LogP contribution >= 0.6 is 0 Å². The van der Waals surface area contributed by atoms with E-state index in [-0.39, 0.29) is 17.9 Å². The molecule has 25 heavy (non-hydrogen) atoms. The Morgan fingerprint density at radius 3 is 2.96 bits per heavy atom. The highest BCUT2D eigenvalue weighted by Crippen LogP contribution is 2.32. The monoisotopic (exact) mass is 340 g/mol. The van der Waals surface area contributed by atoms with Gasteiger partial charge in [-0.15, -0.1) is 0 Å². The normalized spacial score (nSPS) is 20.6. The summed E-state index contributed by atoms with van der Waals surface area (Å²) in [7, 11) is 0. The Kier molecular flexibility index (Phi) is 4.09. The molecule has 2 aromatic heterocycles. The number of hydrogen-bond acceptors (Lipinski definition) is 5. The molecule has 8 heteroatoms. The molecule has 2 aromatic rings. The number of nitrogens with zero attached hydrogens (tertiary/aromatic N) is 4. The molecular weight excluding hydrogens is 320 g/mol. The predicted molar refractivity (Wildman–Crippen MR) is 91.1 cm³/mol. The maximum absolute atomic E-state index is 13.0. The number of amides is 2. The number of aromatic nitrogens is 3. The first-order valence-corrected chi connectivity index (χ1v) is 8.50. The largest absolute Gasteiger partial charge is 0.360 e. The topological polar surface area (TPSA) is 94.2 Å². The van der Waals surface area contributed by atoms with Crippen molar-refractivity contribution in [2.45, 2.75) is 18.9 Å². The summed E-state index contributed by atoms with van der Waals surface area (Å²) >= 11 is 0. The van der Waals surface area contributed by atoms with E-state index in [0.717, 1.165) is 30.8 Å². The number of aromatic amines is 1. The summed E-state index contributed by atoms with van der Waals surface area (Å²) in [6, 6.07) is 5.54. The van der Waals surface area contributed by atoms with Crippen LogP contribution in [0.5, 0.6) is 0 Å². The first-order chi connectivity index (χ1) is 12.2. The van der Waals surface area contributed by atoms with E-state index in [1.54, 1.807) is 18.5 Å². The molecule has 4 heterocycles. The van der Waals surface area contributed by atoms with Crippen molar-refractivity contribution >= 4 is 17.5 Å². The van der Waals surface area contributed by atoms with Gasteiger partial charge in [0, 0.05) is 37.7 Å². The summed E-state index contributed by atoms with van der Waals surface area (Å²) in [4.78, 5) is 32.7. The number of carbonyl (C=O) groups excluding carboxylic acids is 2. The average Bonchev–Trinajstić information content (AvgIpc) is 3.32. The van der Waals surface area contributed by atoms with Crippen LogP contribution in [0.3, 0.4) is 0 Å². The van der Waals surface area contributed by atoms with Crippen LogP contribution in [0, 0.1) is 0 Å². The lowest BCUT2D eigenvalue weighted by Crippen LogP contribution is -2.47. The molecule has 2 aliphatic rings. The van der Waals surface area contributed by atoms with Crippen molar-refractivity contribution in [3.63, 3.8) is 0 Å². The van der Waals surface area contributed by atoms with Crippen molar-refractivity contribution in [2.24, 2.45) is 0 Å². The Morgan fingerprint density at radius 2 is 2.16 bits per heavy atom. The van der Waals surface area contributed by atoms with Gasteiger partial charge in [0.05, 0.1) is 18.3 Å². The number of nitrogens with one attached hydrogen (secondary N) is 2. The summed E-state index contributed by atoms with van der Waals surface area (Å²) in [5.74, 6) is -0.0878. The summed E-state index contributed by atoms with van der Waals surface area (Å²) in [5.41, 5.74) is 2.22. The highest BCUT2D eigenvalue weighted by molar-refractivity contribution is 5.94. The summed E-state index contributed by atoms with van der Waals surface area (Å²) in [6.07, 6.45) is 5.22. The fourth-order valence-corrected chi connectivity index (χ4v) is 3.52. The molecule has 8 nitrogen and oxygen atoms in total. The number of carbonyl (C=O) groups is 2. The molecule has 4 rings (SSSR count). The minimum Gasteiger partial charge on any atom is -0.360 e. The van der Waals surface area contributed by atoms with E-state index >= 15 is 0 Å². The van der Waals surface area contributed by atoms with E-state index in [2.05, 4.69) is 20.5 Å². The molecule has 0 aliphatic carbocycles. The maximum atomic E-state index is 13.0. The van der Waals surface area contributed by atoms with E-state index < -0.39 is 0 Å². The van der Waals surface area contributed by atoms with Crippen molar-refractivity contribution in [1.29, 1.82) is 0 Å². The van der Waals surface area contributed by atoms with Gasteiger partial charge in [0.25, 0.3) is 5.91 Å². The van der Waals surface area contributed by atoms with Gasteiger partial charge >= 0.3 is 0 Å². The summed E-state index contributed by atoms with van der Waals surface area (Å²) in [6.45, 7) is 2.35. The van der Waals surface area contributed by atoms with Crippen LogP contribution < -0.4 is 10.2 Å². The fourth-order valence-electron chi connectivity index (χ4n) is 3.52.